The number of carbonyl (C=O) groups excluding carboxylic acids is 1. The number of benzene rings is 1. The van der Waals surface area contributed by atoms with Crippen molar-refractivity contribution in [3.05, 3.63) is 71.5 Å². The summed E-state index contributed by atoms with van der Waals surface area (Å²) in [7, 11) is 1.82. The second-order valence-electron chi connectivity index (χ2n) is 7.46. The summed E-state index contributed by atoms with van der Waals surface area (Å²) in [6, 6.07) is 7.99. The summed E-state index contributed by atoms with van der Waals surface area (Å²) in [5, 5.41) is 8.34. The minimum absolute atomic E-state index is 0.0942. The Morgan fingerprint density at radius 1 is 1.16 bits per heavy atom. The van der Waals surface area contributed by atoms with Crippen LogP contribution in [0.5, 0.6) is 0 Å². The minimum Gasteiger partial charge on any atom is -0.339 e. The average Bonchev–Trinajstić information content (AvgIpc) is 3.44. The molecule has 5 rings (SSSR count). The molecule has 3 aromatic heterocycles. The van der Waals surface area contributed by atoms with Gasteiger partial charge in [-0.05, 0) is 37.3 Å². The third kappa shape index (κ3) is 3.48. The molecule has 0 saturated carbocycles. The number of amides is 1. The number of nitrogens with zero attached hydrogens (tertiary/aromatic N) is 6. The summed E-state index contributed by atoms with van der Waals surface area (Å²) in [5.41, 5.74) is 4.31. The van der Waals surface area contributed by atoms with Crippen LogP contribution in [0.3, 0.4) is 0 Å². The van der Waals surface area contributed by atoms with Gasteiger partial charge in [0.1, 0.15) is 11.5 Å². The molecule has 1 aliphatic heterocycles. The molecule has 1 amide bonds. The predicted molar refractivity (Wildman–Crippen MR) is 109 cm³/mol. The van der Waals surface area contributed by atoms with Gasteiger partial charge in [-0.25, -0.2) is 4.39 Å². The topological polar surface area (TPSA) is 89.9 Å². The summed E-state index contributed by atoms with van der Waals surface area (Å²) >= 11 is 0. The van der Waals surface area contributed by atoms with Gasteiger partial charge >= 0.3 is 0 Å². The quantitative estimate of drug-likeness (QED) is 0.495. The highest BCUT2D eigenvalue weighted by Gasteiger charge is 2.32. The zero-order valence-electron chi connectivity index (χ0n) is 17.0. The van der Waals surface area contributed by atoms with Crippen LogP contribution in [-0.2, 0) is 20.0 Å². The summed E-state index contributed by atoms with van der Waals surface area (Å²) < 4.78 is 20.2. The van der Waals surface area contributed by atoms with Crippen molar-refractivity contribution in [2.45, 2.75) is 19.9 Å². The molecule has 0 bridgehead atoms. The molecule has 1 aliphatic rings. The van der Waals surface area contributed by atoms with Crippen molar-refractivity contribution in [2.24, 2.45) is 7.05 Å². The maximum Gasteiger partial charge on any atom is 0.256 e. The standard InChI is InChI=1S/C22H19FN6O2/c1-13-25-19(31-27-13)8-10-29-12-18-20(22(29)30)16(7-9-24-18)17-11-28(2)26-21(17)14-3-5-15(23)6-4-14/h3-7,9,11H,8,10,12H2,1-2H3. The second-order valence-corrected chi connectivity index (χ2v) is 7.46. The molecule has 9 heteroatoms. The zero-order valence-corrected chi connectivity index (χ0v) is 17.0. The highest BCUT2D eigenvalue weighted by molar-refractivity contribution is 6.05. The van der Waals surface area contributed by atoms with Gasteiger partial charge in [-0.15, -0.1) is 0 Å². The Balaban J connectivity index is 1.49. The van der Waals surface area contributed by atoms with Crippen LogP contribution < -0.4 is 0 Å². The van der Waals surface area contributed by atoms with Gasteiger partial charge in [-0.3, -0.25) is 14.5 Å². The minimum atomic E-state index is -0.312. The first kappa shape index (κ1) is 19.1. The van der Waals surface area contributed by atoms with E-state index in [1.807, 2.05) is 19.3 Å². The lowest BCUT2D eigenvalue weighted by Gasteiger charge is -2.14. The van der Waals surface area contributed by atoms with Crippen molar-refractivity contribution >= 4 is 5.91 Å². The Labute approximate surface area is 177 Å². The molecule has 0 N–H and O–H groups in total. The molecule has 0 saturated heterocycles. The van der Waals surface area contributed by atoms with Crippen molar-refractivity contribution in [1.29, 1.82) is 0 Å². The maximum atomic E-state index is 13.4. The number of hydrogen-bond acceptors (Lipinski definition) is 6. The Hall–Kier alpha value is -3.88. The van der Waals surface area contributed by atoms with E-state index in [1.165, 1.54) is 12.1 Å². The molecule has 0 atom stereocenters. The van der Waals surface area contributed by atoms with Crippen LogP contribution in [0, 0.1) is 12.7 Å². The van der Waals surface area contributed by atoms with E-state index >= 15 is 0 Å². The van der Waals surface area contributed by atoms with Gasteiger partial charge in [0.25, 0.3) is 5.91 Å². The number of aryl methyl sites for hydroxylation is 2. The van der Waals surface area contributed by atoms with Crippen LogP contribution in [0.2, 0.25) is 0 Å². The monoisotopic (exact) mass is 418 g/mol. The molecule has 0 unspecified atom stereocenters. The molecule has 0 radical (unpaired) electrons. The molecule has 156 valence electrons. The molecule has 0 fully saturated rings. The van der Waals surface area contributed by atoms with Crippen LogP contribution in [0.1, 0.15) is 27.8 Å². The first-order valence-electron chi connectivity index (χ1n) is 9.86. The number of aromatic nitrogens is 5. The van der Waals surface area contributed by atoms with Crippen molar-refractivity contribution in [3.63, 3.8) is 0 Å². The number of carbonyl (C=O) groups is 1. The molecule has 4 heterocycles. The predicted octanol–water partition coefficient (Wildman–Crippen LogP) is 3.18. The fourth-order valence-corrected chi connectivity index (χ4v) is 3.86. The van der Waals surface area contributed by atoms with Gasteiger partial charge in [-0.1, -0.05) is 5.16 Å². The van der Waals surface area contributed by atoms with Gasteiger partial charge in [0.2, 0.25) is 5.89 Å². The molecular formula is C22H19FN6O2. The number of rotatable bonds is 5. The van der Waals surface area contributed by atoms with E-state index < -0.39 is 0 Å². The van der Waals surface area contributed by atoms with Crippen LogP contribution >= 0.6 is 0 Å². The molecule has 8 nitrogen and oxygen atoms in total. The number of pyridine rings is 1. The summed E-state index contributed by atoms with van der Waals surface area (Å²) in [6.07, 6.45) is 4.04. The first-order valence-corrected chi connectivity index (χ1v) is 9.86. The van der Waals surface area contributed by atoms with E-state index in [2.05, 4.69) is 20.2 Å². The fourth-order valence-electron chi connectivity index (χ4n) is 3.86. The smallest absolute Gasteiger partial charge is 0.256 e. The summed E-state index contributed by atoms with van der Waals surface area (Å²) in [6.45, 7) is 2.63. The van der Waals surface area contributed by atoms with E-state index in [1.54, 1.807) is 34.8 Å². The molecule has 1 aromatic carbocycles. The lowest BCUT2D eigenvalue weighted by molar-refractivity contribution is 0.0777. The number of hydrogen-bond donors (Lipinski definition) is 0. The van der Waals surface area contributed by atoms with Gasteiger partial charge < -0.3 is 9.42 Å². The van der Waals surface area contributed by atoms with E-state index in [4.69, 9.17) is 4.52 Å². The van der Waals surface area contributed by atoms with E-state index in [9.17, 15) is 9.18 Å². The number of halogens is 1. The van der Waals surface area contributed by atoms with Crippen LogP contribution in [-0.4, -0.2) is 42.3 Å². The van der Waals surface area contributed by atoms with Crippen molar-refractivity contribution in [1.82, 2.24) is 29.8 Å². The Bertz CT molecular complexity index is 1280. The van der Waals surface area contributed by atoms with Crippen molar-refractivity contribution in [2.75, 3.05) is 6.54 Å². The van der Waals surface area contributed by atoms with Gasteiger partial charge in [0.15, 0.2) is 5.82 Å². The van der Waals surface area contributed by atoms with E-state index in [-0.39, 0.29) is 11.7 Å². The van der Waals surface area contributed by atoms with Crippen LogP contribution in [0.25, 0.3) is 22.4 Å². The third-order valence-corrected chi connectivity index (χ3v) is 5.27. The summed E-state index contributed by atoms with van der Waals surface area (Å²) in [4.78, 5) is 23.6. The zero-order chi connectivity index (χ0) is 21.5. The molecule has 0 spiro atoms. The lowest BCUT2D eigenvalue weighted by atomic mass is 9.97. The highest BCUT2D eigenvalue weighted by Crippen LogP contribution is 2.36. The average molecular weight is 418 g/mol. The third-order valence-electron chi connectivity index (χ3n) is 5.27. The molecular weight excluding hydrogens is 399 g/mol. The van der Waals surface area contributed by atoms with Gasteiger partial charge in [0, 0.05) is 49.1 Å². The van der Waals surface area contributed by atoms with Crippen molar-refractivity contribution < 1.29 is 13.7 Å². The van der Waals surface area contributed by atoms with Crippen molar-refractivity contribution in [3.8, 4) is 22.4 Å². The van der Waals surface area contributed by atoms with Gasteiger partial charge in [0.05, 0.1) is 17.8 Å². The first-order chi connectivity index (χ1) is 15.0. The Morgan fingerprint density at radius 2 is 1.97 bits per heavy atom. The largest absolute Gasteiger partial charge is 0.339 e. The molecule has 31 heavy (non-hydrogen) atoms. The Kier molecular flexibility index (Phi) is 4.58. The highest BCUT2D eigenvalue weighted by atomic mass is 19.1. The lowest BCUT2D eigenvalue weighted by Crippen LogP contribution is -2.26. The molecule has 4 aromatic rings. The van der Waals surface area contributed by atoms with Crippen LogP contribution in [0.4, 0.5) is 4.39 Å². The maximum absolute atomic E-state index is 13.4. The van der Waals surface area contributed by atoms with E-state index in [0.29, 0.717) is 42.5 Å². The molecule has 0 aliphatic carbocycles. The second kappa shape index (κ2) is 7.42. The van der Waals surface area contributed by atoms with Gasteiger partial charge in [-0.2, -0.15) is 10.1 Å². The SMILES string of the molecule is Cc1noc(CCN2Cc3nccc(-c4cn(C)nc4-c4ccc(F)cc4)c3C2=O)n1. The van der Waals surface area contributed by atoms with Crippen LogP contribution in [0.15, 0.2) is 47.2 Å². The fraction of sp³-hybridized carbons (Fsp3) is 0.227. The van der Waals surface area contributed by atoms with E-state index in [0.717, 1.165) is 22.4 Å². The Morgan fingerprint density at radius 3 is 2.71 bits per heavy atom. The number of fused-ring (bicyclic) bond motifs is 1. The summed E-state index contributed by atoms with van der Waals surface area (Å²) in [5.74, 6) is 0.664. The normalized spacial score (nSPS) is 13.1.